The van der Waals surface area contributed by atoms with Crippen molar-refractivity contribution in [2.24, 2.45) is 0 Å². The number of benzene rings is 3. The summed E-state index contributed by atoms with van der Waals surface area (Å²) in [5.41, 5.74) is -0.481. The lowest BCUT2D eigenvalue weighted by molar-refractivity contribution is -0.137. The third-order valence-electron chi connectivity index (χ3n) is 4.38. The van der Waals surface area contributed by atoms with E-state index >= 15 is 0 Å². The van der Waals surface area contributed by atoms with Crippen LogP contribution in [0.5, 0.6) is 11.5 Å². The average molecular weight is 469 g/mol. The third kappa shape index (κ3) is 6.30. The number of carbonyl (C=O) groups is 1. The van der Waals surface area contributed by atoms with E-state index in [2.05, 4.69) is 9.84 Å². The van der Waals surface area contributed by atoms with Gasteiger partial charge in [-0.15, -0.1) is 0 Å². The maximum atomic E-state index is 12.7. The molecule has 0 heterocycles. The standard InChI is InChI=1S/C21H19F3NO6P/c1-13(12-30-32(27,28)29)25-20(26)15-5-10-18-14(11-15)3-2-4-19(18)31-17-8-6-16(7-9-17)21(22,23)24/h2-11,13H,12H2,1H3,(H,25,26)(H2,27,28,29)/t13-/m1/s1. The summed E-state index contributed by atoms with van der Waals surface area (Å²) in [6.07, 6.45) is -4.44. The van der Waals surface area contributed by atoms with Crippen LogP contribution >= 0.6 is 7.82 Å². The van der Waals surface area contributed by atoms with Gasteiger partial charge in [-0.3, -0.25) is 9.32 Å². The Hall–Kier alpha value is -2.91. The number of carbonyl (C=O) groups excluding carboxylic acids is 1. The van der Waals surface area contributed by atoms with Gasteiger partial charge in [-0.2, -0.15) is 13.2 Å². The topological polar surface area (TPSA) is 105 Å². The van der Waals surface area contributed by atoms with Crippen LogP contribution in [0.2, 0.25) is 0 Å². The van der Waals surface area contributed by atoms with Crippen LogP contribution in [0.25, 0.3) is 10.8 Å². The highest BCUT2D eigenvalue weighted by Gasteiger charge is 2.30. The van der Waals surface area contributed by atoms with E-state index in [1.165, 1.54) is 25.1 Å². The molecule has 32 heavy (non-hydrogen) atoms. The van der Waals surface area contributed by atoms with Crippen LogP contribution in [0, 0.1) is 0 Å². The van der Waals surface area contributed by atoms with Crippen LogP contribution in [0.4, 0.5) is 13.2 Å². The summed E-state index contributed by atoms with van der Waals surface area (Å²) in [5.74, 6) is 0.159. The first-order chi connectivity index (χ1) is 14.9. The lowest BCUT2D eigenvalue weighted by Crippen LogP contribution is -2.35. The number of phosphoric acid groups is 1. The van der Waals surface area contributed by atoms with E-state index in [9.17, 15) is 22.5 Å². The van der Waals surface area contributed by atoms with E-state index in [0.29, 0.717) is 22.1 Å². The number of rotatable bonds is 7. The third-order valence-corrected chi connectivity index (χ3v) is 4.87. The summed E-state index contributed by atoms with van der Waals surface area (Å²) >= 11 is 0. The van der Waals surface area contributed by atoms with Crippen LogP contribution in [0.15, 0.2) is 60.7 Å². The first-order valence-corrected chi connectivity index (χ1v) is 10.8. The molecule has 3 N–H and O–H groups in total. The summed E-state index contributed by atoms with van der Waals surface area (Å²) < 4.78 is 59.0. The molecule has 1 amide bonds. The SMILES string of the molecule is C[C@H](COP(=O)(O)O)NC(=O)c1ccc2c(Oc3ccc(C(F)(F)F)cc3)cccc2c1. The highest BCUT2D eigenvalue weighted by molar-refractivity contribution is 7.46. The van der Waals surface area contributed by atoms with Crippen LogP contribution in [0.1, 0.15) is 22.8 Å². The van der Waals surface area contributed by atoms with E-state index in [0.717, 1.165) is 12.1 Å². The lowest BCUT2D eigenvalue weighted by atomic mass is 10.1. The summed E-state index contributed by atoms with van der Waals surface area (Å²) in [5, 5.41) is 3.87. The van der Waals surface area contributed by atoms with Gasteiger partial charge in [-0.05, 0) is 60.8 Å². The molecule has 0 bridgehead atoms. The van der Waals surface area contributed by atoms with Crippen molar-refractivity contribution in [3.05, 3.63) is 71.8 Å². The molecule has 0 unspecified atom stereocenters. The van der Waals surface area contributed by atoms with E-state index in [1.807, 2.05) is 0 Å². The van der Waals surface area contributed by atoms with E-state index in [-0.39, 0.29) is 12.4 Å². The second kappa shape index (κ2) is 9.30. The van der Waals surface area contributed by atoms with Gasteiger partial charge in [-0.25, -0.2) is 4.57 Å². The van der Waals surface area contributed by atoms with Gasteiger partial charge in [0.2, 0.25) is 0 Å². The van der Waals surface area contributed by atoms with Gasteiger partial charge in [0.25, 0.3) is 5.91 Å². The molecule has 11 heteroatoms. The largest absolute Gasteiger partial charge is 0.469 e. The predicted octanol–water partition coefficient (Wildman–Crippen LogP) is 4.88. The Labute approximate surface area is 181 Å². The number of amides is 1. The van der Waals surface area contributed by atoms with E-state index < -0.39 is 31.5 Å². The van der Waals surface area contributed by atoms with Crippen LogP contribution in [0.3, 0.4) is 0 Å². The molecular weight excluding hydrogens is 450 g/mol. The maximum Gasteiger partial charge on any atom is 0.469 e. The zero-order valence-corrected chi connectivity index (χ0v) is 17.6. The Bertz CT molecular complexity index is 1160. The van der Waals surface area contributed by atoms with Gasteiger partial charge in [-0.1, -0.05) is 12.1 Å². The molecule has 3 aromatic rings. The molecule has 170 valence electrons. The lowest BCUT2D eigenvalue weighted by Gasteiger charge is -2.15. The van der Waals surface area contributed by atoms with Gasteiger partial charge in [0.15, 0.2) is 0 Å². The maximum absolute atomic E-state index is 12.7. The number of phosphoric ester groups is 1. The predicted molar refractivity (Wildman–Crippen MR) is 110 cm³/mol. The molecule has 0 saturated carbocycles. The summed E-state index contributed by atoms with van der Waals surface area (Å²) in [6, 6.07) is 13.5. The van der Waals surface area contributed by atoms with Crippen molar-refractivity contribution in [2.75, 3.05) is 6.61 Å². The average Bonchev–Trinajstić information content (AvgIpc) is 2.71. The molecule has 3 rings (SSSR count). The van der Waals surface area contributed by atoms with E-state index in [4.69, 9.17) is 14.5 Å². The molecule has 0 radical (unpaired) electrons. The Balaban J connectivity index is 1.75. The second-order valence-corrected chi connectivity index (χ2v) is 8.22. The molecule has 7 nitrogen and oxygen atoms in total. The number of hydrogen-bond acceptors (Lipinski definition) is 4. The number of alkyl halides is 3. The number of hydrogen-bond donors (Lipinski definition) is 3. The Morgan fingerprint density at radius 3 is 2.41 bits per heavy atom. The summed E-state index contributed by atoms with van der Waals surface area (Å²) in [7, 11) is -4.63. The molecular formula is C21H19F3NO6P. The van der Waals surface area contributed by atoms with E-state index in [1.54, 1.807) is 30.3 Å². The fourth-order valence-corrected chi connectivity index (χ4v) is 3.30. The molecule has 3 aromatic carbocycles. The van der Waals surface area contributed by atoms with Gasteiger partial charge < -0.3 is 19.8 Å². The fourth-order valence-electron chi connectivity index (χ4n) is 2.88. The first-order valence-electron chi connectivity index (χ1n) is 9.31. The number of nitrogens with one attached hydrogen (secondary N) is 1. The molecule has 0 aromatic heterocycles. The molecule has 1 atom stereocenters. The number of fused-ring (bicyclic) bond motifs is 1. The van der Waals surface area contributed by atoms with Crippen molar-refractivity contribution < 1.29 is 41.6 Å². The quantitative estimate of drug-likeness (QED) is 0.426. The summed E-state index contributed by atoms with van der Waals surface area (Å²) in [4.78, 5) is 29.9. The van der Waals surface area contributed by atoms with Gasteiger partial charge in [0.05, 0.1) is 18.2 Å². The zero-order valence-electron chi connectivity index (χ0n) is 16.7. The minimum Gasteiger partial charge on any atom is -0.457 e. The smallest absolute Gasteiger partial charge is 0.457 e. The van der Waals surface area contributed by atoms with Crippen molar-refractivity contribution in [3.8, 4) is 11.5 Å². The molecule has 0 aliphatic carbocycles. The van der Waals surface area contributed by atoms with Gasteiger partial charge >= 0.3 is 14.0 Å². The van der Waals surface area contributed by atoms with Gasteiger partial charge in [0, 0.05) is 10.9 Å². The van der Waals surface area contributed by atoms with Crippen LogP contribution in [-0.4, -0.2) is 28.3 Å². The Morgan fingerprint density at radius 2 is 1.78 bits per heavy atom. The highest BCUT2D eigenvalue weighted by Crippen LogP contribution is 2.36. The van der Waals surface area contributed by atoms with Crippen molar-refractivity contribution in [2.45, 2.75) is 19.1 Å². The second-order valence-electron chi connectivity index (χ2n) is 6.98. The molecule has 0 fully saturated rings. The first kappa shape index (κ1) is 23.7. The monoisotopic (exact) mass is 469 g/mol. The van der Waals surface area contributed by atoms with Gasteiger partial charge in [0.1, 0.15) is 11.5 Å². The molecule has 0 spiro atoms. The van der Waals surface area contributed by atoms with Crippen molar-refractivity contribution in [1.82, 2.24) is 5.32 Å². The van der Waals surface area contributed by atoms with Crippen molar-refractivity contribution >= 4 is 24.5 Å². The normalized spacial score (nSPS) is 13.1. The molecule has 0 saturated heterocycles. The minimum atomic E-state index is -4.63. The van der Waals surface area contributed by atoms with Crippen LogP contribution in [-0.2, 0) is 15.3 Å². The number of ether oxygens (including phenoxy) is 1. The fraction of sp³-hybridized carbons (Fsp3) is 0.190. The Kier molecular flexibility index (Phi) is 6.90. The molecule has 0 aliphatic rings. The van der Waals surface area contributed by atoms with Crippen molar-refractivity contribution in [1.29, 1.82) is 0 Å². The zero-order chi connectivity index (χ0) is 23.5. The minimum absolute atomic E-state index is 0.228. The van der Waals surface area contributed by atoms with Crippen LogP contribution < -0.4 is 10.1 Å². The van der Waals surface area contributed by atoms with Crippen molar-refractivity contribution in [3.63, 3.8) is 0 Å². The highest BCUT2D eigenvalue weighted by atomic mass is 31.2. The Morgan fingerprint density at radius 1 is 1.09 bits per heavy atom. The number of halogens is 3. The summed E-state index contributed by atoms with van der Waals surface area (Å²) in [6.45, 7) is 1.17. The molecule has 0 aliphatic heterocycles.